The summed E-state index contributed by atoms with van der Waals surface area (Å²) in [5, 5.41) is 11.4. The second kappa shape index (κ2) is 5.35. The van der Waals surface area contributed by atoms with Gasteiger partial charge in [-0.2, -0.15) is 5.26 Å². The van der Waals surface area contributed by atoms with Crippen molar-refractivity contribution in [2.75, 3.05) is 0 Å². The predicted octanol–water partition coefficient (Wildman–Crippen LogP) is 2.21. The van der Waals surface area contributed by atoms with Gasteiger partial charge in [0.2, 0.25) is 0 Å². The summed E-state index contributed by atoms with van der Waals surface area (Å²) in [6.45, 7) is 0.232. The van der Waals surface area contributed by atoms with Crippen molar-refractivity contribution in [1.82, 2.24) is 5.32 Å². The lowest BCUT2D eigenvalue weighted by Crippen LogP contribution is -2.35. The number of carbonyl (C=O) groups is 1. The molecule has 0 aromatic heterocycles. The fourth-order valence-electron chi connectivity index (χ4n) is 1.58. The van der Waals surface area contributed by atoms with Crippen LogP contribution in [0.4, 0.5) is 4.79 Å². The first kappa shape index (κ1) is 11.5. The Morgan fingerprint density at radius 1 is 1.47 bits per heavy atom. The number of hydrogen-bond donors (Lipinski definition) is 1. The highest BCUT2D eigenvalue weighted by Crippen LogP contribution is 2.32. The standard InChI is InChI=1S/C13H14N2O2/c14-8-12(11-6-7-11)15-13(16)17-9-10-4-2-1-3-5-10/h1-5,11-12H,6-7,9H2,(H,15,16). The Hall–Kier alpha value is -2.02. The summed E-state index contributed by atoms with van der Waals surface area (Å²) in [5.41, 5.74) is 0.933. The van der Waals surface area contributed by atoms with Crippen molar-refractivity contribution in [2.45, 2.75) is 25.5 Å². The molecule has 1 aliphatic rings. The smallest absolute Gasteiger partial charge is 0.408 e. The Morgan fingerprint density at radius 2 is 2.18 bits per heavy atom. The maximum absolute atomic E-state index is 11.4. The maximum Gasteiger partial charge on any atom is 0.408 e. The highest BCUT2D eigenvalue weighted by Gasteiger charge is 2.32. The lowest BCUT2D eigenvalue weighted by molar-refractivity contribution is 0.137. The van der Waals surface area contributed by atoms with E-state index in [-0.39, 0.29) is 6.61 Å². The quantitative estimate of drug-likeness (QED) is 0.862. The van der Waals surface area contributed by atoms with Crippen LogP contribution in [0.1, 0.15) is 18.4 Å². The summed E-state index contributed by atoms with van der Waals surface area (Å²) < 4.78 is 5.04. The molecule has 17 heavy (non-hydrogen) atoms. The molecule has 0 heterocycles. The van der Waals surface area contributed by atoms with Crippen LogP contribution in [0, 0.1) is 17.2 Å². The first-order chi connectivity index (χ1) is 8.29. The summed E-state index contributed by atoms with van der Waals surface area (Å²) in [6.07, 6.45) is 1.50. The molecule has 0 bridgehead atoms. The normalized spacial score (nSPS) is 15.7. The van der Waals surface area contributed by atoms with Crippen LogP contribution in [-0.4, -0.2) is 12.1 Å². The minimum absolute atomic E-state index is 0.232. The number of carbonyl (C=O) groups excluding carboxylic acids is 1. The van der Waals surface area contributed by atoms with Crippen LogP contribution < -0.4 is 5.32 Å². The number of nitrogens with zero attached hydrogens (tertiary/aromatic N) is 1. The van der Waals surface area contributed by atoms with E-state index < -0.39 is 12.1 Å². The molecule has 4 heteroatoms. The average Bonchev–Trinajstić information content (AvgIpc) is 3.19. The molecule has 1 atom stereocenters. The second-order valence-corrected chi connectivity index (χ2v) is 4.15. The second-order valence-electron chi connectivity index (χ2n) is 4.15. The maximum atomic E-state index is 11.4. The summed E-state index contributed by atoms with van der Waals surface area (Å²) in [5.74, 6) is 0.310. The van der Waals surface area contributed by atoms with Gasteiger partial charge in [-0.1, -0.05) is 30.3 Å². The van der Waals surface area contributed by atoms with Crippen LogP contribution >= 0.6 is 0 Å². The molecular weight excluding hydrogens is 216 g/mol. The van der Waals surface area contributed by atoms with E-state index in [0.717, 1.165) is 18.4 Å². The van der Waals surface area contributed by atoms with Gasteiger partial charge in [0.05, 0.1) is 6.07 Å². The van der Waals surface area contributed by atoms with E-state index in [1.807, 2.05) is 30.3 Å². The number of nitrogens with one attached hydrogen (secondary N) is 1. The van der Waals surface area contributed by atoms with E-state index in [4.69, 9.17) is 10.00 Å². The van der Waals surface area contributed by atoms with Gasteiger partial charge in [-0.05, 0) is 24.3 Å². The lowest BCUT2D eigenvalue weighted by Gasteiger charge is -2.10. The number of benzene rings is 1. The number of amides is 1. The highest BCUT2D eigenvalue weighted by molar-refractivity contribution is 5.68. The van der Waals surface area contributed by atoms with Crippen LogP contribution in [0.15, 0.2) is 30.3 Å². The van der Waals surface area contributed by atoms with Gasteiger partial charge in [0.25, 0.3) is 0 Å². The Bertz CT molecular complexity index is 421. The van der Waals surface area contributed by atoms with Crippen LogP contribution in [-0.2, 0) is 11.3 Å². The van der Waals surface area contributed by atoms with Crippen LogP contribution in [0.25, 0.3) is 0 Å². The van der Waals surface area contributed by atoms with Crippen molar-refractivity contribution in [2.24, 2.45) is 5.92 Å². The molecule has 2 rings (SSSR count). The molecule has 1 saturated carbocycles. The van der Waals surface area contributed by atoms with E-state index in [0.29, 0.717) is 5.92 Å². The Kier molecular flexibility index (Phi) is 3.61. The van der Waals surface area contributed by atoms with Crippen LogP contribution in [0.2, 0.25) is 0 Å². The van der Waals surface area contributed by atoms with Gasteiger partial charge in [-0.3, -0.25) is 0 Å². The van der Waals surface area contributed by atoms with Crippen molar-refractivity contribution in [1.29, 1.82) is 5.26 Å². The Labute approximate surface area is 100 Å². The lowest BCUT2D eigenvalue weighted by atomic mass is 10.2. The number of hydrogen-bond acceptors (Lipinski definition) is 3. The first-order valence-corrected chi connectivity index (χ1v) is 5.66. The van der Waals surface area contributed by atoms with Crippen LogP contribution in [0.3, 0.4) is 0 Å². The largest absolute Gasteiger partial charge is 0.445 e. The molecule has 1 aromatic carbocycles. The molecule has 1 N–H and O–H groups in total. The van der Waals surface area contributed by atoms with Crippen LogP contribution in [0.5, 0.6) is 0 Å². The molecule has 4 nitrogen and oxygen atoms in total. The number of nitriles is 1. The molecule has 1 fully saturated rings. The van der Waals surface area contributed by atoms with Gasteiger partial charge in [0.15, 0.2) is 0 Å². The molecular formula is C13H14N2O2. The minimum atomic E-state index is -0.521. The summed E-state index contributed by atoms with van der Waals surface area (Å²) in [4.78, 5) is 11.4. The van der Waals surface area contributed by atoms with E-state index in [1.54, 1.807) is 0 Å². The molecule has 1 unspecified atom stereocenters. The topological polar surface area (TPSA) is 62.1 Å². The SMILES string of the molecule is N#CC(NC(=O)OCc1ccccc1)C1CC1. The fourth-order valence-corrected chi connectivity index (χ4v) is 1.58. The van der Waals surface area contributed by atoms with E-state index in [1.165, 1.54) is 0 Å². The predicted molar refractivity (Wildman–Crippen MR) is 61.9 cm³/mol. The van der Waals surface area contributed by atoms with Crippen molar-refractivity contribution in [3.63, 3.8) is 0 Å². The average molecular weight is 230 g/mol. The Morgan fingerprint density at radius 3 is 2.76 bits per heavy atom. The first-order valence-electron chi connectivity index (χ1n) is 5.66. The third-order valence-electron chi connectivity index (χ3n) is 2.72. The third-order valence-corrected chi connectivity index (χ3v) is 2.72. The molecule has 0 saturated heterocycles. The zero-order valence-corrected chi connectivity index (χ0v) is 9.43. The van der Waals surface area contributed by atoms with Crippen molar-refractivity contribution in [3.05, 3.63) is 35.9 Å². The van der Waals surface area contributed by atoms with Gasteiger partial charge in [-0.25, -0.2) is 4.79 Å². The summed E-state index contributed by atoms with van der Waals surface area (Å²) in [7, 11) is 0. The summed E-state index contributed by atoms with van der Waals surface area (Å²) in [6, 6.07) is 11.1. The minimum Gasteiger partial charge on any atom is -0.445 e. The van der Waals surface area contributed by atoms with Gasteiger partial charge in [-0.15, -0.1) is 0 Å². The number of rotatable bonds is 4. The van der Waals surface area contributed by atoms with Crippen molar-refractivity contribution < 1.29 is 9.53 Å². The van der Waals surface area contributed by atoms with E-state index >= 15 is 0 Å². The Balaban J connectivity index is 1.76. The highest BCUT2D eigenvalue weighted by atomic mass is 16.5. The monoisotopic (exact) mass is 230 g/mol. The molecule has 88 valence electrons. The zero-order valence-electron chi connectivity index (χ0n) is 9.43. The molecule has 0 radical (unpaired) electrons. The van der Waals surface area contributed by atoms with Crippen molar-refractivity contribution in [3.8, 4) is 6.07 Å². The van der Waals surface area contributed by atoms with E-state index in [2.05, 4.69) is 11.4 Å². The van der Waals surface area contributed by atoms with Gasteiger partial charge >= 0.3 is 6.09 Å². The van der Waals surface area contributed by atoms with E-state index in [9.17, 15) is 4.79 Å². The zero-order chi connectivity index (χ0) is 12.1. The van der Waals surface area contributed by atoms with Gasteiger partial charge < -0.3 is 10.1 Å². The number of alkyl carbamates (subject to hydrolysis) is 1. The van der Waals surface area contributed by atoms with Gasteiger partial charge in [0, 0.05) is 0 Å². The fraction of sp³-hybridized carbons (Fsp3) is 0.385. The molecule has 1 aliphatic carbocycles. The molecule has 0 aliphatic heterocycles. The van der Waals surface area contributed by atoms with Gasteiger partial charge in [0.1, 0.15) is 12.6 Å². The summed E-state index contributed by atoms with van der Waals surface area (Å²) >= 11 is 0. The number of ether oxygens (including phenoxy) is 1. The third kappa shape index (κ3) is 3.49. The molecule has 0 spiro atoms. The van der Waals surface area contributed by atoms with Crippen molar-refractivity contribution >= 4 is 6.09 Å². The molecule has 1 aromatic rings. The molecule has 1 amide bonds.